The molecule has 0 aliphatic carbocycles. The Morgan fingerprint density at radius 2 is 2.35 bits per heavy atom. The first kappa shape index (κ1) is 11.4. The van der Waals surface area contributed by atoms with Gasteiger partial charge in [0.2, 0.25) is 0 Å². The van der Waals surface area contributed by atoms with E-state index in [1.54, 1.807) is 6.07 Å². The summed E-state index contributed by atoms with van der Waals surface area (Å²) in [6.07, 6.45) is 2.24. The summed E-state index contributed by atoms with van der Waals surface area (Å²) < 4.78 is 8.58. The minimum absolute atomic E-state index is 0.401. The second kappa shape index (κ2) is 4.18. The fraction of sp³-hybridized carbons (Fsp3) is 0.417. The molecule has 0 aromatic carbocycles. The molecule has 0 N–H and O–H groups in total. The van der Waals surface area contributed by atoms with Crippen LogP contribution in [0.3, 0.4) is 0 Å². The lowest BCUT2D eigenvalue weighted by Gasteiger charge is -2.21. The molecule has 17 heavy (non-hydrogen) atoms. The normalized spacial score (nSPS) is 19.4. The van der Waals surface area contributed by atoms with E-state index in [2.05, 4.69) is 32.4 Å². The SMILES string of the molecule is CC1CCn2c(-c3ccc(Cl)o3)nc(Br)c2C1. The van der Waals surface area contributed by atoms with Gasteiger partial charge in [0.1, 0.15) is 4.60 Å². The first-order valence-electron chi connectivity index (χ1n) is 5.65. The fourth-order valence-electron chi connectivity index (χ4n) is 2.30. The second-order valence-corrected chi connectivity index (χ2v) is 5.65. The van der Waals surface area contributed by atoms with E-state index >= 15 is 0 Å². The number of imidazole rings is 1. The van der Waals surface area contributed by atoms with Crippen LogP contribution in [0.2, 0.25) is 5.22 Å². The molecule has 0 spiro atoms. The van der Waals surface area contributed by atoms with Gasteiger partial charge in [-0.3, -0.25) is 0 Å². The molecule has 0 saturated carbocycles. The molecule has 0 amide bonds. The summed E-state index contributed by atoms with van der Waals surface area (Å²) in [5.41, 5.74) is 1.26. The van der Waals surface area contributed by atoms with Crippen molar-refractivity contribution in [2.24, 2.45) is 5.92 Å². The molecule has 1 aliphatic rings. The van der Waals surface area contributed by atoms with Crippen LogP contribution in [0.4, 0.5) is 0 Å². The highest BCUT2D eigenvalue weighted by molar-refractivity contribution is 9.10. The largest absolute Gasteiger partial charge is 0.441 e. The minimum Gasteiger partial charge on any atom is -0.441 e. The highest BCUT2D eigenvalue weighted by Crippen LogP contribution is 2.33. The monoisotopic (exact) mass is 314 g/mol. The summed E-state index contributed by atoms with van der Waals surface area (Å²) in [6.45, 7) is 3.26. The summed E-state index contributed by atoms with van der Waals surface area (Å²) in [5.74, 6) is 2.31. The molecule has 90 valence electrons. The van der Waals surface area contributed by atoms with Gasteiger partial charge in [0, 0.05) is 6.54 Å². The lowest BCUT2D eigenvalue weighted by Crippen LogP contribution is -2.17. The Kier molecular flexibility index (Phi) is 2.79. The Morgan fingerprint density at radius 3 is 3.06 bits per heavy atom. The van der Waals surface area contributed by atoms with Crippen LogP contribution in [0.15, 0.2) is 21.2 Å². The van der Waals surface area contributed by atoms with Crippen molar-refractivity contribution in [1.82, 2.24) is 9.55 Å². The van der Waals surface area contributed by atoms with Crippen LogP contribution in [-0.4, -0.2) is 9.55 Å². The second-order valence-electron chi connectivity index (χ2n) is 4.53. The van der Waals surface area contributed by atoms with E-state index in [0.717, 1.165) is 29.2 Å². The first-order valence-corrected chi connectivity index (χ1v) is 6.83. The molecule has 1 atom stereocenters. The van der Waals surface area contributed by atoms with Gasteiger partial charge in [-0.2, -0.15) is 0 Å². The van der Waals surface area contributed by atoms with E-state index in [9.17, 15) is 0 Å². The van der Waals surface area contributed by atoms with Crippen molar-refractivity contribution in [2.45, 2.75) is 26.3 Å². The maximum absolute atomic E-state index is 5.81. The van der Waals surface area contributed by atoms with Crippen molar-refractivity contribution < 1.29 is 4.42 Å². The molecule has 0 saturated heterocycles. The molecule has 1 unspecified atom stereocenters. The number of hydrogen-bond acceptors (Lipinski definition) is 2. The molecule has 0 bridgehead atoms. The summed E-state index contributed by atoms with van der Waals surface area (Å²) in [5, 5.41) is 0.401. The van der Waals surface area contributed by atoms with Crippen LogP contribution in [0.25, 0.3) is 11.6 Å². The van der Waals surface area contributed by atoms with Crippen molar-refractivity contribution in [3.05, 3.63) is 27.6 Å². The highest BCUT2D eigenvalue weighted by atomic mass is 79.9. The molecule has 2 aromatic heterocycles. The lowest BCUT2D eigenvalue weighted by atomic mass is 9.99. The fourth-order valence-corrected chi connectivity index (χ4v) is 2.99. The summed E-state index contributed by atoms with van der Waals surface area (Å²) >= 11 is 9.34. The van der Waals surface area contributed by atoms with Crippen LogP contribution in [-0.2, 0) is 13.0 Å². The molecule has 2 aromatic rings. The molecule has 3 heterocycles. The molecule has 0 fully saturated rings. The number of furan rings is 1. The predicted molar refractivity (Wildman–Crippen MR) is 70.1 cm³/mol. The Labute approximate surface area is 113 Å². The number of rotatable bonds is 1. The van der Waals surface area contributed by atoms with Crippen LogP contribution < -0.4 is 0 Å². The predicted octanol–water partition coefficient (Wildman–Crippen LogP) is 4.14. The van der Waals surface area contributed by atoms with Crippen LogP contribution in [0.5, 0.6) is 0 Å². The van der Waals surface area contributed by atoms with Gasteiger partial charge in [-0.05, 0) is 58.4 Å². The van der Waals surface area contributed by atoms with E-state index in [0.29, 0.717) is 11.1 Å². The van der Waals surface area contributed by atoms with Gasteiger partial charge in [-0.1, -0.05) is 6.92 Å². The topological polar surface area (TPSA) is 31.0 Å². The Bertz CT molecular complexity index is 561. The van der Waals surface area contributed by atoms with Crippen LogP contribution >= 0.6 is 27.5 Å². The average molecular weight is 316 g/mol. The van der Waals surface area contributed by atoms with Crippen molar-refractivity contribution in [3.63, 3.8) is 0 Å². The molecule has 3 rings (SSSR count). The Hall–Kier alpha value is -0.740. The summed E-state index contributed by atoms with van der Waals surface area (Å²) in [7, 11) is 0. The maximum atomic E-state index is 5.81. The Morgan fingerprint density at radius 1 is 1.53 bits per heavy atom. The molecule has 3 nitrogen and oxygen atoms in total. The van der Waals surface area contributed by atoms with Gasteiger partial charge in [-0.25, -0.2) is 4.98 Å². The minimum atomic E-state index is 0.401. The van der Waals surface area contributed by atoms with Gasteiger partial charge in [-0.15, -0.1) is 0 Å². The van der Waals surface area contributed by atoms with Gasteiger partial charge < -0.3 is 8.98 Å². The van der Waals surface area contributed by atoms with E-state index in [1.807, 2.05) is 6.07 Å². The zero-order valence-corrected chi connectivity index (χ0v) is 11.8. The van der Waals surface area contributed by atoms with Gasteiger partial charge in [0.05, 0.1) is 5.69 Å². The van der Waals surface area contributed by atoms with Gasteiger partial charge in [0.25, 0.3) is 0 Å². The van der Waals surface area contributed by atoms with Crippen molar-refractivity contribution in [2.75, 3.05) is 0 Å². The van der Waals surface area contributed by atoms with Crippen molar-refractivity contribution in [1.29, 1.82) is 0 Å². The third-order valence-corrected chi connectivity index (χ3v) is 4.04. The van der Waals surface area contributed by atoms with Crippen molar-refractivity contribution in [3.8, 4) is 11.6 Å². The van der Waals surface area contributed by atoms with Crippen molar-refractivity contribution >= 4 is 27.5 Å². The summed E-state index contributed by atoms with van der Waals surface area (Å²) in [6, 6.07) is 3.61. The first-order chi connectivity index (χ1) is 8.15. The highest BCUT2D eigenvalue weighted by Gasteiger charge is 2.24. The maximum Gasteiger partial charge on any atom is 0.194 e. The third kappa shape index (κ3) is 1.93. The number of nitrogens with zero attached hydrogens (tertiary/aromatic N) is 2. The standard InChI is InChI=1S/C12H12BrClN2O/c1-7-4-5-16-8(6-7)11(13)15-12(16)9-2-3-10(14)17-9/h2-3,7H,4-6H2,1H3. The zero-order chi connectivity index (χ0) is 12.0. The number of fused-ring (bicyclic) bond motifs is 1. The molecular formula is C12H12BrClN2O. The van der Waals surface area contributed by atoms with E-state index in [-0.39, 0.29) is 0 Å². The molecular weight excluding hydrogens is 304 g/mol. The summed E-state index contributed by atoms with van der Waals surface area (Å²) in [4.78, 5) is 4.54. The van der Waals surface area contributed by atoms with Gasteiger partial charge in [0.15, 0.2) is 16.8 Å². The van der Waals surface area contributed by atoms with Crippen LogP contribution in [0, 0.1) is 5.92 Å². The van der Waals surface area contributed by atoms with E-state index < -0.39 is 0 Å². The zero-order valence-electron chi connectivity index (χ0n) is 9.41. The number of aromatic nitrogens is 2. The van der Waals surface area contributed by atoms with Crippen LogP contribution in [0.1, 0.15) is 19.0 Å². The van der Waals surface area contributed by atoms with Gasteiger partial charge >= 0.3 is 0 Å². The molecule has 5 heteroatoms. The lowest BCUT2D eigenvalue weighted by molar-refractivity contribution is 0.415. The third-order valence-electron chi connectivity index (χ3n) is 3.20. The number of halogens is 2. The average Bonchev–Trinajstić information content (AvgIpc) is 2.84. The quantitative estimate of drug-likeness (QED) is 0.792. The molecule has 1 aliphatic heterocycles. The Balaban J connectivity index is 2.10. The number of hydrogen-bond donors (Lipinski definition) is 0. The smallest absolute Gasteiger partial charge is 0.194 e. The van der Waals surface area contributed by atoms with E-state index in [1.165, 1.54) is 12.1 Å². The molecule has 0 radical (unpaired) electrons. The van der Waals surface area contributed by atoms with E-state index in [4.69, 9.17) is 16.0 Å².